The van der Waals surface area contributed by atoms with E-state index in [1.54, 1.807) is 50.3 Å². The molecule has 0 unspecified atom stereocenters. The van der Waals surface area contributed by atoms with Gasteiger partial charge >= 0.3 is 0 Å². The Balaban J connectivity index is 0.000000420. The molecule has 0 radical (unpaired) electrons. The van der Waals surface area contributed by atoms with Gasteiger partial charge in [-0.15, -0.1) is 0 Å². The van der Waals surface area contributed by atoms with Crippen molar-refractivity contribution < 1.29 is 49.1 Å². The summed E-state index contributed by atoms with van der Waals surface area (Å²) in [5, 5.41) is 39.1. The maximum atomic E-state index is 12.2. The summed E-state index contributed by atoms with van der Waals surface area (Å²) in [6.45, 7) is 20.0. The number of allylic oxidation sites excluding steroid dienone is 22. The fourth-order valence-electron chi connectivity index (χ4n) is 7.89. The van der Waals surface area contributed by atoms with Crippen LogP contribution in [0.25, 0.3) is 12.2 Å². The SMILES string of the molecule is CC1=C(/C=C/C(C)=C/C=C/C(C)=C/C=C/C=C(C)/C=C/C=C(C)/C=C/C2=C(C)C(=O)[C@@H](O)CC2(C)C)C(C)(C)C[C@H](O)C1=O.COc1cc(/C=C/C(=O)CC(=O)/C=C/c2ccc(O)c(OC)c2)ccc1O. The van der Waals surface area contributed by atoms with Gasteiger partial charge in [0.05, 0.1) is 20.6 Å². The average molecular weight is 965 g/mol. The van der Waals surface area contributed by atoms with Gasteiger partial charge in [-0.05, 0) is 135 Å². The molecule has 4 rings (SSSR count). The highest BCUT2D eigenvalue weighted by Crippen LogP contribution is 2.41. The third-order valence-corrected chi connectivity index (χ3v) is 12.0. The Morgan fingerprint density at radius 3 is 1.24 bits per heavy atom. The number of phenols is 2. The van der Waals surface area contributed by atoms with Crippen LogP contribution in [0.4, 0.5) is 0 Å². The molecule has 0 aromatic heterocycles. The first kappa shape index (κ1) is 58.2. The second-order valence-electron chi connectivity index (χ2n) is 19.1. The van der Waals surface area contributed by atoms with E-state index in [0.717, 1.165) is 33.4 Å². The summed E-state index contributed by atoms with van der Waals surface area (Å²) in [5.74, 6) is -0.433. The Hall–Kier alpha value is -7.14. The lowest BCUT2D eigenvalue weighted by atomic mass is 9.71. The molecule has 4 N–H and O–H groups in total. The summed E-state index contributed by atoms with van der Waals surface area (Å²) in [6, 6.07) is 9.34. The summed E-state index contributed by atoms with van der Waals surface area (Å²) in [5.41, 5.74) is 8.49. The number of aromatic hydroxyl groups is 2. The van der Waals surface area contributed by atoms with E-state index in [9.17, 15) is 39.6 Å². The highest BCUT2D eigenvalue weighted by atomic mass is 16.5. The van der Waals surface area contributed by atoms with Crippen molar-refractivity contribution in [1.82, 2.24) is 0 Å². The first-order chi connectivity index (χ1) is 33.4. The van der Waals surface area contributed by atoms with Crippen molar-refractivity contribution in [3.05, 3.63) is 189 Å². The highest BCUT2D eigenvalue weighted by Gasteiger charge is 2.37. The number of carbonyl (C=O) groups is 4. The molecule has 2 aliphatic rings. The zero-order chi connectivity index (χ0) is 53.1. The van der Waals surface area contributed by atoms with Crippen LogP contribution in [0.5, 0.6) is 23.0 Å². The third-order valence-electron chi connectivity index (χ3n) is 12.0. The van der Waals surface area contributed by atoms with E-state index in [1.165, 1.54) is 38.5 Å². The lowest BCUT2D eigenvalue weighted by molar-refractivity contribution is -0.126. The largest absolute Gasteiger partial charge is 0.504 e. The maximum absolute atomic E-state index is 12.2. The van der Waals surface area contributed by atoms with Crippen LogP contribution in [0.1, 0.15) is 99.6 Å². The van der Waals surface area contributed by atoms with Crippen molar-refractivity contribution in [2.75, 3.05) is 14.2 Å². The summed E-state index contributed by atoms with van der Waals surface area (Å²) < 4.78 is 10.00. The molecule has 10 nitrogen and oxygen atoms in total. The van der Waals surface area contributed by atoms with Gasteiger partial charge in [-0.1, -0.05) is 159 Å². The Labute approximate surface area is 420 Å². The van der Waals surface area contributed by atoms with E-state index < -0.39 is 12.2 Å². The molecule has 71 heavy (non-hydrogen) atoms. The summed E-state index contributed by atoms with van der Waals surface area (Å²) in [7, 11) is 2.87. The molecule has 2 atom stereocenters. The number of hydrogen-bond donors (Lipinski definition) is 4. The first-order valence-corrected chi connectivity index (χ1v) is 23.5. The van der Waals surface area contributed by atoms with Crippen LogP contribution in [0.2, 0.25) is 0 Å². The number of Topliss-reactive ketones (excluding diaryl/α,β-unsaturated/α-hetero) is 2. The first-order valence-electron chi connectivity index (χ1n) is 23.5. The van der Waals surface area contributed by atoms with Crippen LogP contribution in [0.15, 0.2) is 178 Å². The number of ether oxygens (including phenoxy) is 2. The van der Waals surface area contributed by atoms with Gasteiger partial charge in [-0.2, -0.15) is 0 Å². The van der Waals surface area contributed by atoms with Crippen molar-refractivity contribution >= 4 is 35.3 Å². The summed E-state index contributed by atoms with van der Waals surface area (Å²) >= 11 is 0. The van der Waals surface area contributed by atoms with Gasteiger partial charge in [0, 0.05) is 0 Å². The predicted octanol–water partition coefficient (Wildman–Crippen LogP) is 12.3. The number of carbonyl (C=O) groups excluding carboxylic acids is 4. The Bertz CT molecular complexity index is 2530. The molecule has 0 fully saturated rings. The Morgan fingerprint density at radius 2 is 0.887 bits per heavy atom. The fraction of sp³-hybridized carbons (Fsp3) is 0.311. The molecule has 2 aromatic carbocycles. The number of benzene rings is 2. The third kappa shape index (κ3) is 18.6. The quantitative estimate of drug-likeness (QED) is 0.0641. The van der Waals surface area contributed by atoms with Crippen LogP contribution in [0.3, 0.4) is 0 Å². The van der Waals surface area contributed by atoms with E-state index in [-0.39, 0.29) is 51.9 Å². The van der Waals surface area contributed by atoms with E-state index in [0.29, 0.717) is 46.6 Å². The molecule has 2 aliphatic carbocycles. The normalized spacial score (nSPS) is 19.4. The van der Waals surface area contributed by atoms with Crippen molar-refractivity contribution in [3.8, 4) is 23.0 Å². The number of aliphatic hydroxyl groups is 2. The summed E-state index contributed by atoms with van der Waals surface area (Å²) in [6.07, 6.45) is 32.9. The van der Waals surface area contributed by atoms with Crippen LogP contribution < -0.4 is 9.47 Å². The molecule has 0 saturated heterocycles. The van der Waals surface area contributed by atoms with Gasteiger partial charge < -0.3 is 29.9 Å². The molecule has 0 saturated carbocycles. The molecular formula is C61H72O10. The lowest BCUT2D eigenvalue weighted by Gasteiger charge is -2.34. The zero-order valence-electron chi connectivity index (χ0n) is 43.4. The maximum Gasteiger partial charge on any atom is 0.187 e. The van der Waals surface area contributed by atoms with E-state index >= 15 is 0 Å². The Kier molecular flexibility index (Phi) is 22.4. The van der Waals surface area contributed by atoms with E-state index in [1.807, 2.05) is 74.6 Å². The van der Waals surface area contributed by atoms with Crippen molar-refractivity contribution in [1.29, 1.82) is 0 Å². The number of hydrogen-bond acceptors (Lipinski definition) is 10. The lowest BCUT2D eigenvalue weighted by Crippen LogP contribution is -2.35. The molecule has 376 valence electrons. The molecule has 2 aromatic rings. The fourth-order valence-corrected chi connectivity index (χ4v) is 7.89. The van der Waals surface area contributed by atoms with Crippen molar-refractivity contribution in [3.63, 3.8) is 0 Å². The topological polar surface area (TPSA) is 168 Å². The number of ketones is 4. The molecule has 0 aliphatic heterocycles. The van der Waals surface area contributed by atoms with Gasteiger partial charge in [-0.3, -0.25) is 19.2 Å². The second kappa shape index (κ2) is 27.3. The molecule has 0 bridgehead atoms. The number of phenolic OH excluding ortho intramolecular Hbond substituents is 2. The molecular weight excluding hydrogens is 893 g/mol. The monoisotopic (exact) mass is 965 g/mol. The van der Waals surface area contributed by atoms with E-state index in [2.05, 4.69) is 65.8 Å². The average Bonchev–Trinajstić information content (AvgIpc) is 3.30. The smallest absolute Gasteiger partial charge is 0.187 e. The van der Waals surface area contributed by atoms with Crippen molar-refractivity contribution in [2.24, 2.45) is 10.8 Å². The van der Waals surface area contributed by atoms with Crippen LogP contribution >= 0.6 is 0 Å². The zero-order valence-corrected chi connectivity index (χ0v) is 43.4. The molecule has 10 heteroatoms. The minimum absolute atomic E-state index is 0.00662. The van der Waals surface area contributed by atoms with E-state index in [4.69, 9.17) is 9.47 Å². The van der Waals surface area contributed by atoms with Gasteiger partial charge in [-0.25, -0.2) is 0 Å². The standard InChI is InChI=1S/C40H52O4.C21H20O6/c1-27(17-13-19-29(3)21-23-33-31(5)37(43)35(41)25-39(33,7)8)15-11-12-16-28(2)18-14-20-30(4)22-24-34-32(6)38(44)36(42)26-40(34,9)10;1-26-20-11-14(5-9-18(20)24)3-7-16(22)13-17(23)8-4-15-6-10-19(25)21(12-15)27-2/h11-24,35-36,41-42H,25-26H2,1-10H3;3-12,24-25H,13H2,1-2H3/b12-11+,17-13+,18-14+,23-21+,24-22+,27-15+,28-16+,29-19+,30-20+;7-3+,8-4+/t35-,36-;/m0./s1. The van der Waals surface area contributed by atoms with Crippen molar-refractivity contribution in [2.45, 2.75) is 101 Å². The molecule has 0 amide bonds. The van der Waals surface area contributed by atoms with Crippen LogP contribution in [-0.2, 0) is 19.2 Å². The second-order valence-corrected chi connectivity index (χ2v) is 19.1. The van der Waals surface area contributed by atoms with Gasteiger partial charge in [0.2, 0.25) is 0 Å². The van der Waals surface area contributed by atoms with Crippen LogP contribution in [0, 0.1) is 10.8 Å². The summed E-state index contributed by atoms with van der Waals surface area (Å²) in [4.78, 5) is 48.3. The van der Waals surface area contributed by atoms with Crippen LogP contribution in [-0.4, -0.2) is 70.0 Å². The minimum atomic E-state index is -0.907. The molecule has 0 spiro atoms. The number of rotatable bonds is 18. The highest BCUT2D eigenvalue weighted by molar-refractivity contribution is 6.11. The van der Waals surface area contributed by atoms with Gasteiger partial charge in [0.1, 0.15) is 12.2 Å². The van der Waals surface area contributed by atoms with Gasteiger partial charge in [0.25, 0.3) is 0 Å². The molecule has 0 heterocycles. The number of methoxy groups -OCH3 is 2. The number of aliphatic hydroxyl groups excluding tert-OH is 2. The van der Waals surface area contributed by atoms with Gasteiger partial charge in [0.15, 0.2) is 46.1 Å². The Morgan fingerprint density at radius 1 is 0.549 bits per heavy atom. The minimum Gasteiger partial charge on any atom is -0.504 e. The predicted molar refractivity (Wildman–Crippen MR) is 287 cm³/mol.